The van der Waals surface area contributed by atoms with Crippen LogP contribution in [0.4, 0.5) is 11.4 Å². The molecule has 1 aliphatic rings. The largest absolute Gasteiger partial charge is 0.508 e. The predicted octanol–water partition coefficient (Wildman–Crippen LogP) is 5.68. The Hall–Kier alpha value is -3.47. The number of rotatable bonds is 6. The SMILES string of the molecule is CC(C)c1ccc(N(Cc2ccc(N(C)C)cc2)C(=O)C2CCOc3cc(O)ccc32)cc1. The Morgan fingerprint density at radius 2 is 1.67 bits per heavy atom. The summed E-state index contributed by atoms with van der Waals surface area (Å²) in [4.78, 5) is 17.9. The van der Waals surface area contributed by atoms with Crippen LogP contribution in [0.3, 0.4) is 0 Å². The van der Waals surface area contributed by atoms with Gasteiger partial charge in [0.25, 0.3) is 0 Å². The molecule has 3 aromatic rings. The van der Waals surface area contributed by atoms with Crippen LogP contribution in [0.5, 0.6) is 11.5 Å². The molecule has 172 valence electrons. The highest BCUT2D eigenvalue weighted by atomic mass is 16.5. The molecule has 0 saturated heterocycles. The van der Waals surface area contributed by atoms with Crippen LogP contribution >= 0.6 is 0 Å². The molecule has 0 aromatic heterocycles. The van der Waals surface area contributed by atoms with Crippen molar-refractivity contribution in [1.82, 2.24) is 0 Å². The summed E-state index contributed by atoms with van der Waals surface area (Å²) in [6.45, 7) is 5.26. The molecule has 1 aliphatic heterocycles. The maximum Gasteiger partial charge on any atom is 0.235 e. The molecule has 1 unspecified atom stereocenters. The van der Waals surface area contributed by atoms with E-state index in [1.165, 1.54) is 5.56 Å². The lowest BCUT2D eigenvalue weighted by Gasteiger charge is -2.31. The Morgan fingerprint density at radius 3 is 2.30 bits per heavy atom. The fourth-order valence-corrected chi connectivity index (χ4v) is 4.24. The summed E-state index contributed by atoms with van der Waals surface area (Å²) in [5.41, 5.74) is 5.15. The molecule has 0 fully saturated rings. The molecule has 4 rings (SSSR count). The van der Waals surface area contributed by atoms with Gasteiger partial charge in [0.2, 0.25) is 5.91 Å². The monoisotopic (exact) mass is 444 g/mol. The Bertz CT molecular complexity index is 1100. The van der Waals surface area contributed by atoms with Crippen molar-refractivity contribution in [3.63, 3.8) is 0 Å². The van der Waals surface area contributed by atoms with Gasteiger partial charge in [0.1, 0.15) is 11.5 Å². The molecule has 0 saturated carbocycles. The van der Waals surface area contributed by atoms with Gasteiger partial charge in [-0.05, 0) is 53.8 Å². The van der Waals surface area contributed by atoms with Gasteiger partial charge in [-0.25, -0.2) is 0 Å². The van der Waals surface area contributed by atoms with Crippen LogP contribution in [-0.2, 0) is 11.3 Å². The standard InChI is InChI=1S/C28H32N2O3/c1-19(2)21-7-11-23(12-8-21)30(18-20-5-9-22(10-6-20)29(3)4)28(32)26-15-16-33-27-17-24(31)13-14-25(26)27/h5-14,17,19,26,31H,15-16,18H2,1-4H3. The molecule has 1 N–H and O–H groups in total. The molecule has 0 aliphatic carbocycles. The number of amides is 1. The summed E-state index contributed by atoms with van der Waals surface area (Å²) in [7, 11) is 4.03. The second-order valence-corrected chi connectivity index (χ2v) is 9.14. The van der Waals surface area contributed by atoms with E-state index < -0.39 is 0 Å². The Kier molecular flexibility index (Phi) is 6.59. The molecule has 0 spiro atoms. The highest BCUT2D eigenvalue weighted by Crippen LogP contribution is 2.38. The summed E-state index contributed by atoms with van der Waals surface area (Å²) in [5.74, 6) is 0.880. The van der Waals surface area contributed by atoms with Gasteiger partial charge in [-0.3, -0.25) is 4.79 Å². The van der Waals surface area contributed by atoms with E-state index in [4.69, 9.17) is 4.74 Å². The lowest BCUT2D eigenvalue weighted by atomic mass is 9.91. The second-order valence-electron chi connectivity index (χ2n) is 9.14. The van der Waals surface area contributed by atoms with Gasteiger partial charge in [-0.2, -0.15) is 0 Å². The van der Waals surface area contributed by atoms with E-state index in [1.807, 2.05) is 31.1 Å². The van der Waals surface area contributed by atoms with Gasteiger partial charge in [0.15, 0.2) is 0 Å². The summed E-state index contributed by atoms with van der Waals surface area (Å²) < 4.78 is 5.73. The third-order valence-electron chi connectivity index (χ3n) is 6.27. The number of nitrogens with zero attached hydrogens (tertiary/aromatic N) is 2. The number of carbonyl (C=O) groups excluding carboxylic acids is 1. The molecule has 1 atom stereocenters. The molecular weight excluding hydrogens is 412 g/mol. The van der Waals surface area contributed by atoms with Crippen molar-refractivity contribution in [3.8, 4) is 11.5 Å². The predicted molar refractivity (Wildman–Crippen MR) is 133 cm³/mol. The van der Waals surface area contributed by atoms with E-state index in [1.54, 1.807) is 18.2 Å². The van der Waals surface area contributed by atoms with Gasteiger partial charge >= 0.3 is 0 Å². The van der Waals surface area contributed by atoms with Crippen molar-refractivity contribution < 1.29 is 14.6 Å². The minimum Gasteiger partial charge on any atom is -0.508 e. The first-order chi connectivity index (χ1) is 15.8. The number of carbonyl (C=O) groups is 1. The average Bonchev–Trinajstić information content (AvgIpc) is 2.82. The van der Waals surface area contributed by atoms with E-state index >= 15 is 0 Å². The van der Waals surface area contributed by atoms with Crippen molar-refractivity contribution in [2.24, 2.45) is 0 Å². The fraction of sp³-hybridized carbons (Fsp3) is 0.321. The average molecular weight is 445 g/mol. The van der Waals surface area contributed by atoms with E-state index in [2.05, 4.69) is 55.1 Å². The molecule has 0 radical (unpaired) electrons. The van der Waals surface area contributed by atoms with Gasteiger partial charge < -0.3 is 19.6 Å². The van der Waals surface area contributed by atoms with Crippen LogP contribution in [0.25, 0.3) is 0 Å². The molecule has 3 aromatic carbocycles. The summed E-state index contributed by atoms with van der Waals surface area (Å²) >= 11 is 0. The first-order valence-corrected chi connectivity index (χ1v) is 11.5. The highest BCUT2D eigenvalue weighted by Gasteiger charge is 2.32. The minimum absolute atomic E-state index is 0.0409. The van der Waals surface area contributed by atoms with Crippen molar-refractivity contribution in [2.45, 2.75) is 38.6 Å². The third-order valence-corrected chi connectivity index (χ3v) is 6.27. The molecule has 1 amide bonds. The zero-order valence-electron chi connectivity index (χ0n) is 19.8. The van der Waals surface area contributed by atoms with Crippen LogP contribution < -0.4 is 14.5 Å². The first kappa shape index (κ1) is 22.7. The smallest absolute Gasteiger partial charge is 0.235 e. The number of benzene rings is 3. The summed E-state index contributed by atoms with van der Waals surface area (Å²) in [6.07, 6.45) is 0.608. The van der Waals surface area contributed by atoms with Gasteiger partial charge in [-0.1, -0.05) is 44.2 Å². The van der Waals surface area contributed by atoms with Crippen LogP contribution in [0, 0.1) is 0 Å². The van der Waals surface area contributed by atoms with E-state index in [9.17, 15) is 9.90 Å². The van der Waals surface area contributed by atoms with Crippen LogP contribution in [0.1, 0.15) is 48.8 Å². The number of hydrogen-bond donors (Lipinski definition) is 1. The number of phenolic OH excluding ortho intramolecular Hbond substituents is 1. The maximum absolute atomic E-state index is 13.9. The fourth-order valence-electron chi connectivity index (χ4n) is 4.24. The Balaban J connectivity index is 1.68. The van der Waals surface area contributed by atoms with Crippen LogP contribution in [-0.4, -0.2) is 31.7 Å². The molecule has 5 nitrogen and oxygen atoms in total. The zero-order valence-corrected chi connectivity index (χ0v) is 19.8. The van der Waals surface area contributed by atoms with Gasteiger partial charge in [-0.15, -0.1) is 0 Å². The lowest BCUT2D eigenvalue weighted by molar-refractivity contribution is -0.120. The molecule has 33 heavy (non-hydrogen) atoms. The van der Waals surface area contributed by atoms with Crippen molar-refractivity contribution >= 4 is 17.3 Å². The molecule has 0 bridgehead atoms. The topological polar surface area (TPSA) is 53.0 Å². The quantitative estimate of drug-likeness (QED) is 0.531. The Morgan fingerprint density at radius 1 is 1.00 bits per heavy atom. The minimum atomic E-state index is -0.319. The maximum atomic E-state index is 13.9. The van der Waals surface area contributed by atoms with Gasteiger partial charge in [0.05, 0.1) is 19.1 Å². The van der Waals surface area contributed by atoms with E-state index in [-0.39, 0.29) is 17.6 Å². The number of phenols is 1. The first-order valence-electron chi connectivity index (χ1n) is 11.5. The highest BCUT2D eigenvalue weighted by molar-refractivity contribution is 5.98. The van der Waals surface area contributed by atoms with E-state index in [0.29, 0.717) is 31.2 Å². The summed E-state index contributed by atoms with van der Waals surface area (Å²) in [5, 5.41) is 9.85. The lowest BCUT2D eigenvalue weighted by Crippen LogP contribution is -2.36. The van der Waals surface area contributed by atoms with E-state index in [0.717, 1.165) is 22.5 Å². The van der Waals surface area contributed by atoms with Gasteiger partial charge in [0, 0.05) is 37.1 Å². The Labute approximate surface area is 196 Å². The number of aromatic hydroxyl groups is 1. The van der Waals surface area contributed by atoms with Crippen LogP contribution in [0.15, 0.2) is 66.7 Å². The number of fused-ring (bicyclic) bond motifs is 1. The second kappa shape index (κ2) is 9.57. The summed E-state index contributed by atoms with van der Waals surface area (Å²) in [6, 6.07) is 21.6. The molecule has 1 heterocycles. The molecule has 5 heteroatoms. The van der Waals surface area contributed by atoms with Crippen molar-refractivity contribution in [1.29, 1.82) is 0 Å². The van der Waals surface area contributed by atoms with Crippen molar-refractivity contribution in [3.05, 3.63) is 83.4 Å². The zero-order chi connectivity index (χ0) is 23.5. The molecular formula is C28H32N2O3. The number of hydrogen-bond acceptors (Lipinski definition) is 4. The number of ether oxygens (including phenoxy) is 1. The third kappa shape index (κ3) is 4.98. The number of anilines is 2. The van der Waals surface area contributed by atoms with Crippen molar-refractivity contribution in [2.75, 3.05) is 30.5 Å². The van der Waals surface area contributed by atoms with Crippen LogP contribution in [0.2, 0.25) is 0 Å². The normalized spacial score (nSPS) is 15.0.